The number of nitrogens with one attached hydrogen (secondary N) is 6. The lowest BCUT2D eigenvalue weighted by Gasteiger charge is -2.16. The summed E-state index contributed by atoms with van der Waals surface area (Å²) in [6.07, 6.45) is 21.8. The maximum Gasteiger partial charge on any atom is 0.417 e. The molecule has 0 saturated carbocycles. The first kappa shape index (κ1) is 105. The number of pyridine rings is 5. The largest absolute Gasteiger partial charge is 0.497 e. The third-order valence-electron chi connectivity index (χ3n) is 22.9. The number of unbranched alkanes of at least 4 members (excludes halogenated alkanes) is 1. The van der Waals surface area contributed by atoms with E-state index in [2.05, 4.69) is 173 Å². The first-order chi connectivity index (χ1) is 71.1. The van der Waals surface area contributed by atoms with Crippen LogP contribution < -0.4 is 75.8 Å². The summed E-state index contributed by atoms with van der Waals surface area (Å²) in [4.78, 5) is 75.3. The highest BCUT2D eigenvalue weighted by atomic mass is 19.4. The highest BCUT2D eigenvalue weighted by molar-refractivity contribution is 5.92. The average molecular weight is 2000 g/mol. The maximum absolute atomic E-state index is 12.7. The Balaban J connectivity index is 0.000000139. The smallest absolute Gasteiger partial charge is 0.417 e. The van der Waals surface area contributed by atoms with Gasteiger partial charge in [0.25, 0.3) is 0 Å². The van der Waals surface area contributed by atoms with E-state index in [1.165, 1.54) is 43.1 Å². The molecule has 18 N–H and O–H groups in total. The van der Waals surface area contributed by atoms with Crippen LogP contribution in [0.4, 0.5) is 83.8 Å². The number of likely N-dealkylation sites (tertiary alicyclic amines) is 1. The zero-order valence-electron chi connectivity index (χ0n) is 82.7. The van der Waals surface area contributed by atoms with Crippen molar-refractivity contribution in [2.24, 2.45) is 0 Å². The van der Waals surface area contributed by atoms with Crippen molar-refractivity contribution >= 4 is 137 Å². The van der Waals surface area contributed by atoms with Crippen LogP contribution in [0.25, 0.3) is 66.2 Å². The molecule has 0 amide bonds. The number of halogens is 3. The fraction of sp³-hybridized carbons (Fsp3) is 0.330. The van der Waals surface area contributed by atoms with Crippen molar-refractivity contribution in [1.29, 1.82) is 0 Å². The van der Waals surface area contributed by atoms with Crippen LogP contribution in [-0.2, 0) is 75.7 Å². The van der Waals surface area contributed by atoms with Crippen LogP contribution in [-0.4, -0.2) is 252 Å². The first-order valence-corrected chi connectivity index (χ1v) is 47.3. The molecule has 18 heterocycles. The summed E-state index contributed by atoms with van der Waals surface area (Å²) in [6.45, 7) is 16.0. The number of ether oxygens (including phenoxy) is 7. The van der Waals surface area contributed by atoms with Gasteiger partial charge in [0.2, 0.25) is 35.7 Å². The van der Waals surface area contributed by atoms with Crippen LogP contribution in [0.1, 0.15) is 77.6 Å². The van der Waals surface area contributed by atoms with Crippen LogP contribution in [0.5, 0.6) is 11.5 Å². The normalized spacial score (nSPS) is 11.8. The van der Waals surface area contributed by atoms with Gasteiger partial charge in [-0.05, 0) is 140 Å². The van der Waals surface area contributed by atoms with Gasteiger partial charge in [0, 0.05) is 175 Å². The number of nitrogen functional groups attached to an aromatic ring is 6. The Labute approximate surface area is 840 Å². The molecule has 0 bridgehead atoms. The number of hydrogen-bond acceptors (Lipinski definition) is 37. The Morgan fingerprint density at radius 1 is 0.329 bits per heavy atom. The van der Waals surface area contributed by atoms with Gasteiger partial charge in [-0.15, -0.1) is 0 Å². The molecule has 43 nitrogen and oxygen atoms in total. The van der Waals surface area contributed by atoms with Crippen molar-refractivity contribution in [2.75, 3.05) is 201 Å². The van der Waals surface area contributed by atoms with Crippen molar-refractivity contribution in [3.63, 3.8) is 0 Å². The topological polar surface area (TPSA) is 545 Å². The molecule has 0 unspecified atom stereocenters. The van der Waals surface area contributed by atoms with E-state index < -0.39 is 11.7 Å². The molecule has 1 aromatic carbocycles. The molecule has 19 rings (SSSR count). The molecule has 0 aliphatic carbocycles. The second-order valence-corrected chi connectivity index (χ2v) is 33.4. The molecule has 1 fully saturated rings. The quantitative estimate of drug-likeness (QED) is 0.0159. The van der Waals surface area contributed by atoms with Crippen molar-refractivity contribution in [3.8, 4) is 11.5 Å². The number of alkyl halides is 3. The Kier molecular flexibility index (Phi) is 37.8. The summed E-state index contributed by atoms with van der Waals surface area (Å²) in [6, 6.07) is 40.1. The van der Waals surface area contributed by atoms with E-state index in [0.717, 1.165) is 152 Å². The number of rotatable bonds is 40. The van der Waals surface area contributed by atoms with E-state index in [0.29, 0.717) is 131 Å². The summed E-state index contributed by atoms with van der Waals surface area (Å²) in [7, 11) is 11.5. The van der Waals surface area contributed by atoms with E-state index in [-0.39, 0.29) is 36.3 Å². The van der Waals surface area contributed by atoms with Gasteiger partial charge < -0.3 is 127 Å². The number of fused-ring (bicyclic) bond motifs is 6. The highest BCUT2D eigenvalue weighted by Crippen LogP contribution is 2.34. The molecular formula is C100H123F3N36O7. The fourth-order valence-corrected chi connectivity index (χ4v) is 16.2. The van der Waals surface area contributed by atoms with Crippen molar-refractivity contribution in [2.45, 2.75) is 84.6 Å². The van der Waals surface area contributed by atoms with Gasteiger partial charge >= 0.3 is 6.18 Å². The number of anilines is 12. The predicted octanol–water partition coefficient (Wildman–Crippen LogP) is 12.5. The Bertz CT molecular complexity index is 7050. The minimum absolute atomic E-state index is 0.128. The van der Waals surface area contributed by atoms with Crippen LogP contribution in [0.3, 0.4) is 0 Å². The Morgan fingerprint density at radius 2 is 0.705 bits per heavy atom. The molecule has 146 heavy (non-hydrogen) atoms. The van der Waals surface area contributed by atoms with E-state index >= 15 is 0 Å². The average Bonchev–Trinajstić information content (AvgIpc) is 1.67. The molecular weight excluding hydrogens is 1870 g/mol. The number of benzene rings is 1. The Hall–Kier alpha value is -16.6. The molecule has 18 aromatic rings. The van der Waals surface area contributed by atoms with Crippen molar-refractivity contribution < 1.29 is 46.3 Å². The fourth-order valence-electron chi connectivity index (χ4n) is 16.2. The van der Waals surface area contributed by atoms with E-state index in [1.54, 1.807) is 97.6 Å². The SMILES string of the molecule is CCCCNc1nc(N)nc2ccn(Cc3cccc(CN4CCCC4)c3)c12.COCCNc1nc(N)nc2ccn(Cc3cc(OC)ccn3)c12.COCCNc1nc(N)nc2ccn(Cc3ccc(C(F)(F)F)cn3)c12.COCCNc1nc(N)nc2ccn(Cc3ccccn3)c12.COCCNc1nc(N)nc2ccn(Cc3ccncc3)c12.COCCNc1nc(N)nc2ccn(Cc3ncccc3OC)c12. The second-order valence-electron chi connectivity index (χ2n) is 33.4. The lowest BCUT2D eigenvalue weighted by atomic mass is 10.1. The Morgan fingerprint density at radius 3 is 1.08 bits per heavy atom. The molecule has 0 spiro atoms. The molecule has 1 aliphatic rings. The van der Waals surface area contributed by atoms with Crippen LogP contribution in [0.15, 0.2) is 202 Å². The standard InChI is InChI=1S/C22H30N6.C16H17F3N6O.2C16H20N6O2.2C15H18N6O/c1-2-3-10-24-21-20-19(25-22(23)26-21)9-13-28(20)16-18-8-6-7-17(14-18)15-27-11-4-5-12-27;1-26-7-5-21-14-13-12(23-15(20)24-14)4-6-25(13)9-11-3-2-10(8-22-11)16(17,18)19;1-23-8-6-19-15-14-13(20-16(17)21-15)4-7-22(14)10-11-9-12(24-2)3-5-18-11;1-23-9-7-19-15-14-11(20-16(17)21-15)5-8-22(14)10-12-13(24-2)4-3-6-18-12;1-22-9-7-18-14-13-12(19-15(16)20-14)4-8-21(13)10-11-2-5-17-6-3-11;1-22-9-7-18-14-13-12(19-15(16)20-14)5-8-21(13)10-11-4-2-3-6-17-11/h6-9,13-14H,2-5,10-12,15-16H2,1H3,(H3,23,24,25,26);2-4,6,8H,5,7,9H2,1H3,(H3,20,21,23,24);3-5,7,9H,6,8,10H2,1-2H3,(H3,17,19,20,21);3-6,8H,7,9-10H2,1-2H3,(H3,17,19,20,21);2*2-6,8H,7,9-10H2,1H3,(H3,16,18,19,20). The molecule has 0 atom stereocenters. The van der Waals surface area contributed by atoms with Gasteiger partial charge in [-0.25, -0.2) is 29.9 Å². The molecule has 766 valence electrons. The van der Waals surface area contributed by atoms with Crippen LogP contribution >= 0.6 is 0 Å². The molecule has 17 aromatic heterocycles. The molecule has 1 saturated heterocycles. The zero-order chi connectivity index (χ0) is 103. The number of methoxy groups -OCH3 is 7. The molecule has 46 heteroatoms. The predicted molar refractivity (Wildman–Crippen MR) is 562 cm³/mol. The first-order valence-electron chi connectivity index (χ1n) is 47.3. The number of nitrogens with zero attached hydrogens (tertiary/aromatic N) is 24. The number of hydrogen-bond donors (Lipinski definition) is 12. The summed E-state index contributed by atoms with van der Waals surface area (Å²) in [5.74, 6) is 7.08. The summed E-state index contributed by atoms with van der Waals surface area (Å²) in [5.41, 5.74) is 51.0. The third-order valence-corrected chi connectivity index (χ3v) is 22.9. The van der Waals surface area contributed by atoms with E-state index in [4.69, 9.17) is 67.6 Å². The van der Waals surface area contributed by atoms with Crippen molar-refractivity contribution in [3.05, 3.63) is 247 Å². The van der Waals surface area contributed by atoms with Gasteiger partial charge in [-0.3, -0.25) is 29.8 Å². The maximum atomic E-state index is 12.7. The lowest BCUT2D eigenvalue weighted by Crippen LogP contribution is -2.18. The molecule has 1 aliphatic heterocycles. The second kappa shape index (κ2) is 52.4. The van der Waals surface area contributed by atoms with Crippen molar-refractivity contribution in [1.82, 2.24) is 117 Å². The lowest BCUT2D eigenvalue weighted by molar-refractivity contribution is -0.137. The van der Waals surface area contributed by atoms with Crippen LogP contribution in [0, 0.1) is 0 Å². The summed E-state index contributed by atoms with van der Waals surface area (Å²) in [5, 5.41) is 19.5. The summed E-state index contributed by atoms with van der Waals surface area (Å²) < 4.78 is 86.1. The van der Waals surface area contributed by atoms with Gasteiger partial charge in [0.1, 0.15) is 50.3 Å². The van der Waals surface area contributed by atoms with Gasteiger partial charge in [-0.2, -0.15) is 43.1 Å². The third kappa shape index (κ3) is 28.9. The molecule has 0 radical (unpaired) electrons. The van der Waals surface area contributed by atoms with Gasteiger partial charge in [-0.1, -0.05) is 43.7 Å². The monoisotopic (exact) mass is 2000 g/mol. The zero-order valence-corrected chi connectivity index (χ0v) is 82.7. The van der Waals surface area contributed by atoms with E-state index in [9.17, 15) is 13.2 Å². The van der Waals surface area contributed by atoms with Gasteiger partial charge in [0.15, 0.2) is 34.9 Å². The van der Waals surface area contributed by atoms with Gasteiger partial charge in [0.05, 0.1) is 129 Å². The highest BCUT2D eigenvalue weighted by Gasteiger charge is 2.31. The number of aromatic nitrogens is 23. The summed E-state index contributed by atoms with van der Waals surface area (Å²) >= 11 is 0. The number of nitrogens with two attached hydrogens (primary N) is 6. The van der Waals surface area contributed by atoms with E-state index in [1.807, 2.05) is 119 Å². The minimum atomic E-state index is -4.41. The van der Waals surface area contributed by atoms with Crippen LogP contribution in [0.2, 0.25) is 0 Å². The minimum Gasteiger partial charge on any atom is -0.497 e.